The van der Waals surface area contributed by atoms with Crippen LogP contribution in [0, 0.1) is 5.92 Å². The molecule has 1 saturated carbocycles. The third kappa shape index (κ3) is 15.1. The molecule has 0 radical (unpaired) electrons. The van der Waals surface area contributed by atoms with Crippen molar-refractivity contribution in [3.05, 3.63) is 0 Å². The number of hydrogen-bond donors (Lipinski definition) is 1. The highest BCUT2D eigenvalue weighted by molar-refractivity contribution is 5.72. The minimum absolute atomic E-state index is 0.0162. The zero-order valence-corrected chi connectivity index (χ0v) is 12.0. The zero-order valence-electron chi connectivity index (χ0n) is 12.0. The van der Waals surface area contributed by atoms with E-state index in [1.807, 2.05) is 0 Å². The largest absolute Gasteiger partial charge is 0.304 e. The quantitative estimate of drug-likeness (QED) is 0.569. The minimum Gasteiger partial charge on any atom is -0.304 e. The number of aldehydes is 1. The van der Waals surface area contributed by atoms with Crippen molar-refractivity contribution in [1.82, 2.24) is 10.4 Å². The van der Waals surface area contributed by atoms with Crippen molar-refractivity contribution in [3.63, 3.8) is 0 Å². The molecule has 1 aliphatic carbocycles. The fraction of sp³-hybridized carbons (Fsp3) is 0.846. The molecule has 1 aliphatic rings. The fourth-order valence-electron chi connectivity index (χ4n) is 1.46. The third-order valence-electron chi connectivity index (χ3n) is 2.70. The van der Waals surface area contributed by atoms with Gasteiger partial charge in [0.05, 0.1) is 0 Å². The van der Waals surface area contributed by atoms with E-state index in [4.69, 9.17) is 4.79 Å². The Balaban J connectivity index is 0. The molecule has 1 rings (SSSR count). The van der Waals surface area contributed by atoms with Crippen LogP contribution in [0.5, 0.6) is 0 Å². The number of hydrogen-bond acceptors (Lipinski definition) is 3. The van der Waals surface area contributed by atoms with Gasteiger partial charge in [-0.25, -0.2) is 5.43 Å². The van der Waals surface area contributed by atoms with Crippen molar-refractivity contribution < 1.29 is 9.59 Å². The summed E-state index contributed by atoms with van der Waals surface area (Å²) in [5, 5.41) is 1.40. The number of amides is 1. The van der Waals surface area contributed by atoms with E-state index in [1.54, 1.807) is 14.1 Å². The van der Waals surface area contributed by atoms with Crippen LogP contribution in [0.3, 0.4) is 0 Å². The highest BCUT2D eigenvalue weighted by Crippen LogP contribution is 2.22. The lowest BCUT2D eigenvalue weighted by atomic mass is 9.91. The van der Waals surface area contributed by atoms with Gasteiger partial charge < -0.3 is 4.79 Å². The predicted octanol–water partition coefficient (Wildman–Crippen LogP) is 2.39. The van der Waals surface area contributed by atoms with Gasteiger partial charge in [-0.2, -0.15) is 0 Å². The van der Waals surface area contributed by atoms with E-state index in [0.717, 1.165) is 12.2 Å². The molecule has 17 heavy (non-hydrogen) atoms. The van der Waals surface area contributed by atoms with E-state index in [0.29, 0.717) is 0 Å². The van der Waals surface area contributed by atoms with E-state index in [9.17, 15) is 4.79 Å². The van der Waals surface area contributed by atoms with E-state index >= 15 is 0 Å². The van der Waals surface area contributed by atoms with Gasteiger partial charge in [0.1, 0.15) is 6.29 Å². The Hall–Kier alpha value is -0.900. The monoisotopic (exact) mass is 244 g/mol. The van der Waals surface area contributed by atoms with Crippen LogP contribution in [-0.4, -0.2) is 31.3 Å². The van der Waals surface area contributed by atoms with Gasteiger partial charge in [-0.1, -0.05) is 39.0 Å². The molecule has 0 aromatic heterocycles. The standard InChI is InChI=1S/C7H14.C4H10N2O.C2H4O/c1-7-5-3-2-4-6-7;1-4(7)6(3)5-2;1-2-3/h7H,2-6H2,1H3;5H,1-3H3;2H,1H3. The Labute approximate surface area is 106 Å². The molecule has 0 spiro atoms. The number of carbonyl (C=O) groups is 2. The van der Waals surface area contributed by atoms with Gasteiger partial charge in [0.15, 0.2) is 0 Å². The number of nitrogens with zero attached hydrogens (tertiary/aromatic N) is 1. The third-order valence-corrected chi connectivity index (χ3v) is 2.70. The number of hydrazine groups is 1. The fourth-order valence-corrected chi connectivity index (χ4v) is 1.46. The van der Waals surface area contributed by atoms with Crippen LogP contribution < -0.4 is 5.43 Å². The molecule has 1 fully saturated rings. The lowest BCUT2D eigenvalue weighted by Gasteiger charge is -2.15. The van der Waals surface area contributed by atoms with Crippen molar-refractivity contribution in [1.29, 1.82) is 0 Å². The highest BCUT2D eigenvalue weighted by atomic mass is 16.2. The van der Waals surface area contributed by atoms with Crippen LogP contribution in [-0.2, 0) is 9.59 Å². The second-order valence-electron chi connectivity index (χ2n) is 4.28. The van der Waals surface area contributed by atoms with Gasteiger partial charge in [0, 0.05) is 21.0 Å². The molecule has 0 unspecified atom stereocenters. The Morgan fingerprint density at radius 3 is 1.82 bits per heavy atom. The van der Waals surface area contributed by atoms with Crippen LogP contribution in [0.15, 0.2) is 0 Å². The predicted molar refractivity (Wildman–Crippen MR) is 71.5 cm³/mol. The molecule has 0 saturated heterocycles. The normalized spacial score (nSPS) is 14.6. The van der Waals surface area contributed by atoms with E-state index in [1.165, 1.54) is 51.0 Å². The maximum Gasteiger partial charge on any atom is 0.233 e. The molecule has 4 heteroatoms. The summed E-state index contributed by atoms with van der Waals surface area (Å²) in [5.41, 5.74) is 2.65. The minimum atomic E-state index is 0.0162. The van der Waals surface area contributed by atoms with Crippen molar-refractivity contribution in [2.75, 3.05) is 14.1 Å². The average molecular weight is 244 g/mol. The Kier molecular flexibility index (Phi) is 14.3. The molecular formula is C13H28N2O2. The molecule has 0 aromatic carbocycles. The van der Waals surface area contributed by atoms with Crippen LogP contribution in [0.4, 0.5) is 0 Å². The second-order valence-corrected chi connectivity index (χ2v) is 4.28. The molecule has 0 aromatic rings. The van der Waals surface area contributed by atoms with Gasteiger partial charge >= 0.3 is 0 Å². The molecule has 0 heterocycles. The molecule has 4 nitrogen and oxygen atoms in total. The number of carbonyl (C=O) groups excluding carboxylic acids is 2. The van der Waals surface area contributed by atoms with Crippen LogP contribution in [0.1, 0.15) is 52.9 Å². The van der Waals surface area contributed by atoms with E-state index in [-0.39, 0.29) is 5.91 Å². The summed E-state index contributed by atoms with van der Waals surface area (Å²) >= 11 is 0. The van der Waals surface area contributed by atoms with Gasteiger partial charge in [0.2, 0.25) is 5.91 Å². The Morgan fingerprint density at radius 1 is 1.29 bits per heavy atom. The van der Waals surface area contributed by atoms with E-state index < -0.39 is 0 Å². The Morgan fingerprint density at radius 2 is 1.71 bits per heavy atom. The summed E-state index contributed by atoms with van der Waals surface area (Å²) in [6, 6.07) is 0. The van der Waals surface area contributed by atoms with Gasteiger partial charge in [0.25, 0.3) is 0 Å². The lowest BCUT2D eigenvalue weighted by molar-refractivity contribution is -0.129. The van der Waals surface area contributed by atoms with Crippen LogP contribution in [0.2, 0.25) is 0 Å². The number of nitrogens with one attached hydrogen (secondary N) is 1. The van der Waals surface area contributed by atoms with Crippen molar-refractivity contribution in [2.24, 2.45) is 5.92 Å². The zero-order chi connectivity index (χ0) is 13.7. The molecule has 0 aliphatic heterocycles. The summed E-state index contributed by atoms with van der Waals surface area (Å²) in [5.74, 6) is 1.05. The van der Waals surface area contributed by atoms with Gasteiger partial charge in [-0.3, -0.25) is 9.80 Å². The van der Waals surface area contributed by atoms with E-state index in [2.05, 4.69) is 12.3 Å². The smallest absolute Gasteiger partial charge is 0.233 e. The summed E-state index contributed by atoms with van der Waals surface area (Å²) in [6.45, 7) is 5.30. The van der Waals surface area contributed by atoms with Crippen LogP contribution >= 0.6 is 0 Å². The first-order valence-corrected chi connectivity index (χ1v) is 6.31. The molecule has 0 atom stereocenters. The molecular weight excluding hydrogens is 216 g/mol. The first-order chi connectivity index (χ1) is 7.99. The summed E-state index contributed by atoms with van der Waals surface area (Å²) in [7, 11) is 3.36. The highest BCUT2D eigenvalue weighted by Gasteiger charge is 2.05. The summed E-state index contributed by atoms with van der Waals surface area (Å²) in [4.78, 5) is 19.0. The van der Waals surface area contributed by atoms with Crippen molar-refractivity contribution in [3.8, 4) is 0 Å². The molecule has 1 N–H and O–H groups in total. The first kappa shape index (κ1) is 18.5. The maximum absolute atomic E-state index is 10.2. The van der Waals surface area contributed by atoms with Crippen molar-refractivity contribution in [2.45, 2.75) is 52.9 Å². The van der Waals surface area contributed by atoms with Crippen LogP contribution in [0.25, 0.3) is 0 Å². The SMILES string of the molecule is CC1CCCCC1.CC=O.CNN(C)C(C)=O. The number of rotatable bonds is 1. The lowest BCUT2D eigenvalue weighted by Crippen LogP contribution is -2.34. The van der Waals surface area contributed by atoms with Gasteiger partial charge in [-0.15, -0.1) is 0 Å². The Bertz CT molecular complexity index is 190. The molecule has 102 valence electrons. The average Bonchev–Trinajstić information content (AvgIpc) is 2.30. The summed E-state index contributed by atoms with van der Waals surface area (Å²) in [6.07, 6.45) is 8.19. The molecule has 0 bridgehead atoms. The molecule has 1 amide bonds. The first-order valence-electron chi connectivity index (χ1n) is 6.31. The summed E-state index contributed by atoms with van der Waals surface area (Å²) < 4.78 is 0. The van der Waals surface area contributed by atoms with Crippen molar-refractivity contribution >= 4 is 12.2 Å². The van der Waals surface area contributed by atoms with Gasteiger partial charge in [-0.05, 0) is 12.8 Å². The topological polar surface area (TPSA) is 49.4 Å². The maximum atomic E-state index is 10.2. The second kappa shape index (κ2) is 13.2.